The van der Waals surface area contributed by atoms with Gasteiger partial charge in [-0.3, -0.25) is 0 Å². The highest BCUT2D eigenvalue weighted by Crippen LogP contribution is 2.37. The fourth-order valence-corrected chi connectivity index (χ4v) is 2.32. The second-order valence-electron chi connectivity index (χ2n) is 4.58. The van der Waals surface area contributed by atoms with E-state index in [1.165, 1.54) is 12.1 Å². The molecular formula is C16H17F2N. The zero-order valence-electron chi connectivity index (χ0n) is 11.2. The van der Waals surface area contributed by atoms with Crippen molar-refractivity contribution >= 4 is 11.3 Å². The van der Waals surface area contributed by atoms with Crippen molar-refractivity contribution < 1.29 is 8.78 Å². The van der Waals surface area contributed by atoms with E-state index in [0.29, 0.717) is 16.8 Å². The lowest BCUT2D eigenvalue weighted by Gasteiger charge is -2.27. The van der Waals surface area contributed by atoms with Gasteiger partial charge in [-0.2, -0.15) is 0 Å². The molecule has 1 aliphatic rings. The maximum atomic E-state index is 13.5. The molecule has 1 aliphatic heterocycles. The molecule has 0 saturated carbocycles. The highest BCUT2D eigenvalue weighted by atomic mass is 19.2. The van der Waals surface area contributed by atoms with Gasteiger partial charge in [0.1, 0.15) is 0 Å². The van der Waals surface area contributed by atoms with E-state index >= 15 is 0 Å². The van der Waals surface area contributed by atoms with Gasteiger partial charge in [-0.25, -0.2) is 8.78 Å². The van der Waals surface area contributed by atoms with Gasteiger partial charge in [0.15, 0.2) is 11.6 Å². The molecule has 1 heterocycles. The van der Waals surface area contributed by atoms with Crippen molar-refractivity contribution in [3.05, 3.63) is 59.3 Å². The molecule has 0 atom stereocenters. The van der Waals surface area contributed by atoms with Crippen LogP contribution in [0.1, 0.15) is 37.8 Å². The number of hydrogen-bond acceptors (Lipinski definition) is 1. The molecule has 0 spiro atoms. The van der Waals surface area contributed by atoms with Gasteiger partial charge in [0.25, 0.3) is 0 Å². The molecule has 0 aliphatic carbocycles. The summed E-state index contributed by atoms with van der Waals surface area (Å²) in [7, 11) is 0. The summed E-state index contributed by atoms with van der Waals surface area (Å²) in [4.78, 5) is 0. The van der Waals surface area contributed by atoms with E-state index in [9.17, 15) is 8.78 Å². The van der Waals surface area contributed by atoms with Crippen molar-refractivity contribution in [2.24, 2.45) is 0 Å². The van der Waals surface area contributed by atoms with Crippen LogP contribution in [0.15, 0.2) is 36.6 Å². The Bertz CT molecular complexity index is 597. The molecule has 0 unspecified atom stereocenters. The van der Waals surface area contributed by atoms with Crippen LogP contribution in [0.2, 0.25) is 0 Å². The number of halogens is 2. The van der Waals surface area contributed by atoms with Crippen LogP contribution in [0.5, 0.6) is 0 Å². The van der Waals surface area contributed by atoms with Gasteiger partial charge in [0, 0.05) is 22.5 Å². The average molecular weight is 261 g/mol. The molecule has 1 nitrogen and oxygen atoms in total. The maximum absolute atomic E-state index is 13.5. The second kappa shape index (κ2) is 5.00. The minimum Gasteiger partial charge on any atom is -0.358 e. The summed E-state index contributed by atoms with van der Waals surface area (Å²) in [5.41, 5.74) is 4.61. The number of hydrogen-bond donors (Lipinski definition) is 1. The van der Waals surface area contributed by atoms with Crippen molar-refractivity contribution in [2.45, 2.75) is 26.7 Å². The first-order valence-corrected chi connectivity index (χ1v) is 6.36. The van der Waals surface area contributed by atoms with E-state index in [1.807, 2.05) is 13.8 Å². The Morgan fingerprint density at radius 1 is 1.16 bits per heavy atom. The van der Waals surface area contributed by atoms with Crippen molar-refractivity contribution in [3.63, 3.8) is 0 Å². The number of nitrogens with one attached hydrogen (secondary N) is 1. The summed E-state index contributed by atoms with van der Waals surface area (Å²) in [5.74, 6) is -1.70. The zero-order chi connectivity index (χ0) is 14.2. The van der Waals surface area contributed by atoms with E-state index in [4.69, 9.17) is 0 Å². The Balaban J connectivity index is 2.74. The second-order valence-corrected chi connectivity index (χ2v) is 4.58. The van der Waals surface area contributed by atoms with Crippen LogP contribution >= 0.6 is 0 Å². The SMILES string of the molecule is C=C(CC)C1=C(CC)NC(=C)c2cc(F)c(F)cc21. The lowest BCUT2D eigenvalue weighted by atomic mass is 9.87. The van der Waals surface area contributed by atoms with Gasteiger partial charge >= 0.3 is 0 Å². The molecule has 19 heavy (non-hydrogen) atoms. The predicted molar refractivity (Wildman–Crippen MR) is 75.2 cm³/mol. The normalized spacial score (nSPS) is 14.2. The van der Waals surface area contributed by atoms with Gasteiger partial charge in [-0.15, -0.1) is 0 Å². The monoisotopic (exact) mass is 261 g/mol. The lowest BCUT2D eigenvalue weighted by Crippen LogP contribution is -2.20. The molecule has 3 heteroatoms. The van der Waals surface area contributed by atoms with E-state index in [0.717, 1.165) is 29.7 Å². The fraction of sp³-hybridized carbons (Fsp3) is 0.250. The van der Waals surface area contributed by atoms with Gasteiger partial charge in [0.2, 0.25) is 0 Å². The van der Waals surface area contributed by atoms with Crippen LogP contribution in [0, 0.1) is 11.6 Å². The number of fused-ring (bicyclic) bond motifs is 1. The summed E-state index contributed by atoms with van der Waals surface area (Å²) in [6.07, 6.45) is 1.51. The van der Waals surface area contributed by atoms with Crippen molar-refractivity contribution in [3.8, 4) is 0 Å². The van der Waals surface area contributed by atoms with E-state index in [-0.39, 0.29) is 0 Å². The maximum Gasteiger partial charge on any atom is 0.159 e. The molecule has 1 N–H and O–H groups in total. The van der Waals surface area contributed by atoms with Crippen LogP contribution in [-0.4, -0.2) is 0 Å². The molecule has 0 aromatic heterocycles. The molecule has 0 bridgehead atoms. The van der Waals surface area contributed by atoms with Gasteiger partial charge in [-0.1, -0.05) is 27.0 Å². The Morgan fingerprint density at radius 2 is 1.74 bits per heavy atom. The molecule has 0 fully saturated rings. The minimum atomic E-state index is -0.858. The predicted octanol–water partition coefficient (Wildman–Crippen LogP) is 4.63. The summed E-state index contributed by atoms with van der Waals surface area (Å²) >= 11 is 0. The average Bonchev–Trinajstić information content (AvgIpc) is 2.40. The summed E-state index contributed by atoms with van der Waals surface area (Å²) in [5, 5.41) is 3.17. The summed E-state index contributed by atoms with van der Waals surface area (Å²) in [6.45, 7) is 11.9. The first-order valence-electron chi connectivity index (χ1n) is 6.36. The molecule has 1 aromatic carbocycles. The Kier molecular flexibility index (Phi) is 3.56. The lowest BCUT2D eigenvalue weighted by molar-refractivity contribution is 0.507. The highest BCUT2D eigenvalue weighted by Gasteiger charge is 2.23. The third-order valence-electron chi connectivity index (χ3n) is 3.39. The van der Waals surface area contributed by atoms with Gasteiger partial charge < -0.3 is 5.32 Å². The first kappa shape index (κ1) is 13.5. The molecule has 100 valence electrons. The van der Waals surface area contributed by atoms with Crippen LogP contribution in [0.25, 0.3) is 11.3 Å². The minimum absolute atomic E-state index is 0.596. The third-order valence-corrected chi connectivity index (χ3v) is 3.39. The summed E-state index contributed by atoms with van der Waals surface area (Å²) < 4.78 is 26.9. The standard InChI is InChI=1S/C16H17F2N/c1-5-9(3)16-12-8-14(18)13(17)7-11(12)10(4)19-15(16)6-2/h7-8,19H,3-6H2,1-2H3. The van der Waals surface area contributed by atoms with Crippen LogP contribution < -0.4 is 5.32 Å². The summed E-state index contributed by atoms with van der Waals surface area (Å²) in [6, 6.07) is 2.43. The molecule has 2 rings (SSSR count). The van der Waals surface area contributed by atoms with Crippen molar-refractivity contribution in [1.29, 1.82) is 0 Å². The molecule has 1 aromatic rings. The molecule has 0 radical (unpaired) electrons. The third kappa shape index (κ3) is 2.21. The number of allylic oxidation sites excluding steroid dienone is 3. The Hall–Kier alpha value is -1.90. The Labute approximate surface area is 112 Å². The first-order chi connectivity index (χ1) is 8.99. The van der Waals surface area contributed by atoms with Crippen LogP contribution in [-0.2, 0) is 0 Å². The van der Waals surface area contributed by atoms with Gasteiger partial charge in [0.05, 0.1) is 0 Å². The number of benzene rings is 1. The zero-order valence-corrected chi connectivity index (χ0v) is 11.2. The fourth-order valence-electron chi connectivity index (χ4n) is 2.32. The van der Waals surface area contributed by atoms with Crippen LogP contribution in [0.4, 0.5) is 8.78 Å². The van der Waals surface area contributed by atoms with Crippen LogP contribution in [0.3, 0.4) is 0 Å². The molecular weight excluding hydrogens is 244 g/mol. The number of rotatable bonds is 3. The smallest absolute Gasteiger partial charge is 0.159 e. The molecule has 0 amide bonds. The Morgan fingerprint density at radius 3 is 2.26 bits per heavy atom. The quantitative estimate of drug-likeness (QED) is 0.836. The van der Waals surface area contributed by atoms with Gasteiger partial charge in [-0.05, 0) is 36.1 Å². The van der Waals surface area contributed by atoms with Crippen molar-refractivity contribution in [2.75, 3.05) is 0 Å². The van der Waals surface area contributed by atoms with E-state index in [1.54, 1.807) is 0 Å². The van der Waals surface area contributed by atoms with E-state index < -0.39 is 11.6 Å². The highest BCUT2D eigenvalue weighted by molar-refractivity contribution is 5.91. The van der Waals surface area contributed by atoms with Crippen molar-refractivity contribution in [1.82, 2.24) is 5.32 Å². The molecule has 0 saturated heterocycles. The topological polar surface area (TPSA) is 12.0 Å². The van der Waals surface area contributed by atoms with E-state index in [2.05, 4.69) is 18.5 Å². The largest absolute Gasteiger partial charge is 0.358 e.